The van der Waals surface area contributed by atoms with Gasteiger partial charge >= 0.3 is 0 Å². The zero-order chi connectivity index (χ0) is 19.4. The van der Waals surface area contributed by atoms with Crippen LogP contribution in [-0.2, 0) is 10.0 Å². The summed E-state index contributed by atoms with van der Waals surface area (Å²) in [5.74, 6) is -0.383. The van der Waals surface area contributed by atoms with Crippen LogP contribution in [0.1, 0.15) is 27.6 Å². The van der Waals surface area contributed by atoms with Crippen LogP contribution in [0.3, 0.4) is 0 Å². The van der Waals surface area contributed by atoms with Gasteiger partial charge in [-0.3, -0.25) is 14.3 Å². The summed E-state index contributed by atoms with van der Waals surface area (Å²) in [5, 5.41) is 4.41. The lowest BCUT2D eigenvalue weighted by Gasteiger charge is -2.08. The molecule has 2 aromatic carbocycles. The van der Waals surface area contributed by atoms with E-state index in [0.29, 0.717) is 22.5 Å². The maximum absolute atomic E-state index is 12.3. The van der Waals surface area contributed by atoms with Crippen LogP contribution < -0.4 is 10.0 Å². The lowest BCUT2D eigenvalue weighted by atomic mass is 10.1. The second-order valence-electron chi connectivity index (χ2n) is 5.70. The van der Waals surface area contributed by atoms with Crippen LogP contribution in [0, 0.1) is 0 Å². The van der Waals surface area contributed by atoms with Crippen LogP contribution >= 0.6 is 11.3 Å². The molecule has 0 spiro atoms. The van der Waals surface area contributed by atoms with Crippen molar-refractivity contribution >= 4 is 44.4 Å². The number of anilines is 2. The second-order valence-corrected chi connectivity index (χ2v) is 8.56. The molecule has 0 aliphatic heterocycles. The van der Waals surface area contributed by atoms with Gasteiger partial charge < -0.3 is 5.32 Å². The molecule has 27 heavy (non-hydrogen) atoms. The molecule has 8 heteroatoms. The van der Waals surface area contributed by atoms with E-state index in [1.54, 1.807) is 35.7 Å². The van der Waals surface area contributed by atoms with Gasteiger partial charge in [-0.15, -0.1) is 11.3 Å². The van der Waals surface area contributed by atoms with Crippen LogP contribution in [-0.4, -0.2) is 20.1 Å². The molecule has 2 N–H and O–H groups in total. The summed E-state index contributed by atoms with van der Waals surface area (Å²) in [6.45, 7) is 1.47. The minimum Gasteiger partial charge on any atom is -0.322 e. The van der Waals surface area contributed by atoms with Crippen LogP contribution in [0.5, 0.6) is 0 Å². The molecule has 3 aromatic rings. The summed E-state index contributed by atoms with van der Waals surface area (Å²) >= 11 is 1.13. The number of amides is 1. The molecular weight excluding hydrogens is 384 g/mol. The molecule has 0 saturated heterocycles. The molecule has 1 aromatic heterocycles. The number of thiophene rings is 1. The van der Waals surface area contributed by atoms with E-state index >= 15 is 0 Å². The van der Waals surface area contributed by atoms with Crippen molar-refractivity contribution in [3.8, 4) is 0 Å². The predicted octanol–water partition coefficient (Wildman–Crippen LogP) is 4.00. The first-order valence-electron chi connectivity index (χ1n) is 7.94. The standard InChI is InChI=1S/C19H16N2O4S2/c1-13(22)14-4-8-16(9-5-14)20-19(23)15-6-10-17(11-7-15)21-27(24,25)18-3-2-12-26-18/h2-12,21H,1H3,(H,20,23). The lowest BCUT2D eigenvalue weighted by molar-refractivity contribution is 0.101. The first-order valence-corrected chi connectivity index (χ1v) is 10.3. The molecule has 0 fully saturated rings. The Morgan fingerprint density at radius 1 is 0.852 bits per heavy atom. The van der Waals surface area contributed by atoms with Gasteiger partial charge in [0.2, 0.25) is 0 Å². The van der Waals surface area contributed by atoms with Crippen LogP contribution in [0.4, 0.5) is 11.4 Å². The van der Waals surface area contributed by atoms with Crippen molar-refractivity contribution in [3.63, 3.8) is 0 Å². The van der Waals surface area contributed by atoms with Crippen molar-refractivity contribution in [1.82, 2.24) is 0 Å². The number of carbonyl (C=O) groups excluding carboxylic acids is 2. The largest absolute Gasteiger partial charge is 0.322 e. The lowest BCUT2D eigenvalue weighted by Crippen LogP contribution is -2.13. The van der Waals surface area contributed by atoms with Gasteiger partial charge in [0, 0.05) is 22.5 Å². The fourth-order valence-electron chi connectivity index (χ4n) is 2.30. The van der Waals surface area contributed by atoms with E-state index in [2.05, 4.69) is 10.0 Å². The monoisotopic (exact) mass is 400 g/mol. The molecule has 1 amide bonds. The van der Waals surface area contributed by atoms with E-state index in [1.807, 2.05) is 0 Å². The predicted molar refractivity (Wildman–Crippen MR) is 106 cm³/mol. The highest BCUT2D eigenvalue weighted by Gasteiger charge is 2.15. The SMILES string of the molecule is CC(=O)c1ccc(NC(=O)c2ccc(NS(=O)(=O)c3cccs3)cc2)cc1. The fourth-order valence-corrected chi connectivity index (χ4v) is 4.35. The van der Waals surface area contributed by atoms with Gasteiger partial charge in [0.05, 0.1) is 0 Å². The Labute approximate surface area is 160 Å². The molecule has 0 atom stereocenters. The maximum Gasteiger partial charge on any atom is 0.271 e. The molecule has 0 bridgehead atoms. The van der Waals surface area contributed by atoms with Gasteiger partial charge in [-0.05, 0) is 66.9 Å². The maximum atomic E-state index is 12.3. The van der Waals surface area contributed by atoms with Gasteiger partial charge in [-0.1, -0.05) is 6.07 Å². The molecule has 0 aliphatic carbocycles. The molecule has 1 heterocycles. The summed E-state index contributed by atoms with van der Waals surface area (Å²) < 4.78 is 27.1. The van der Waals surface area contributed by atoms with E-state index in [9.17, 15) is 18.0 Å². The highest BCUT2D eigenvalue weighted by Crippen LogP contribution is 2.21. The van der Waals surface area contributed by atoms with E-state index in [4.69, 9.17) is 0 Å². The fraction of sp³-hybridized carbons (Fsp3) is 0.0526. The van der Waals surface area contributed by atoms with Crippen molar-refractivity contribution in [3.05, 3.63) is 77.2 Å². The van der Waals surface area contributed by atoms with E-state index in [-0.39, 0.29) is 15.9 Å². The molecular formula is C19H16N2O4S2. The summed E-state index contributed by atoms with van der Waals surface area (Å²) in [6.07, 6.45) is 0. The topological polar surface area (TPSA) is 92.3 Å². The minimum absolute atomic E-state index is 0.0477. The summed E-state index contributed by atoms with van der Waals surface area (Å²) in [7, 11) is -3.62. The highest BCUT2D eigenvalue weighted by atomic mass is 32.2. The summed E-state index contributed by atoms with van der Waals surface area (Å²) in [5.41, 5.74) is 1.87. The Bertz CT molecular complexity index is 1060. The normalized spacial score (nSPS) is 11.0. The zero-order valence-corrected chi connectivity index (χ0v) is 15.9. The number of Topliss-reactive ketones (excluding diaryl/α,β-unsaturated/α-hetero) is 1. The number of rotatable bonds is 6. The third-order valence-electron chi connectivity index (χ3n) is 3.71. The van der Waals surface area contributed by atoms with E-state index < -0.39 is 10.0 Å². The first kappa shape index (κ1) is 18.8. The third kappa shape index (κ3) is 4.60. The quantitative estimate of drug-likeness (QED) is 0.612. The molecule has 0 saturated carbocycles. The Hall–Kier alpha value is -2.97. The minimum atomic E-state index is -3.62. The second kappa shape index (κ2) is 7.73. The van der Waals surface area contributed by atoms with Crippen molar-refractivity contribution < 1.29 is 18.0 Å². The zero-order valence-electron chi connectivity index (χ0n) is 14.3. The number of hydrogen-bond acceptors (Lipinski definition) is 5. The summed E-state index contributed by atoms with van der Waals surface area (Å²) in [4.78, 5) is 23.6. The van der Waals surface area contributed by atoms with Crippen molar-refractivity contribution in [2.45, 2.75) is 11.1 Å². The summed E-state index contributed by atoms with van der Waals surface area (Å²) in [6, 6.07) is 15.9. The Morgan fingerprint density at radius 3 is 2.00 bits per heavy atom. The van der Waals surface area contributed by atoms with Gasteiger partial charge in [0.15, 0.2) is 5.78 Å². The molecule has 138 valence electrons. The number of carbonyl (C=O) groups is 2. The van der Waals surface area contributed by atoms with Crippen molar-refractivity contribution in [1.29, 1.82) is 0 Å². The first-order chi connectivity index (χ1) is 12.8. The van der Waals surface area contributed by atoms with Crippen LogP contribution in [0.2, 0.25) is 0 Å². The van der Waals surface area contributed by atoms with E-state index in [1.165, 1.54) is 37.3 Å². The smallest absolute Gasteiger partial charge is 0.271 e. The third-order valence-corrected chi connectivity index (χ3v) is 6.49. The number of nitrogens with one attached hydrogen (secondary N) is 2. The Kier molecular flexibility index (Phi) is 5.38. The van der Waals surface area contributed by atoms with Crippen molar-refractivity contribution in [2.75, 3.05) is 10.0 Å². The van der Waals surface area contributed by atoms with Gasteiger partial charge in [0.1, 0.15) is 4.21 Å². The van der Waals surface area contributed by atoms with E-state index in [0.717, 1.165) is 11.3 Å². The molecule has 0 radical (unpaired) electrons. The van der Waals surface area contributed by atoms with Gasteiger partial charge in [-0.25, -0.2) is 8.42 Å². The van der Waals surface area contributed by atoms with Gasteiger partial charge in [-0.2, -0.15) is 0 Å². The molecule has 3 rings (SSSR count). The molecule has 0 aliphatic rings. The molecule has 6 nitrogen and oxygen atoms in total. The van der Waals surface area contributed by atoms with Crippen molar-refractivity contribution in [2.24, 2.45) is 0 Å². The average Bonchev–Trinajstić information content (AvgIpc) is 3.18. The van der Waals surface area contributed by atoms with Crippen LogP contribution in [0.15, 0.2) is 70.3 Å². The average molecular weight is 400 g/mol. The highest BCUT2D eigenvalue weighted by molar-refractivity contribution is 7.94. The van der Waals surface area contributed by atoms with Gasteiger partial charge in [0.25, 0.3) is 15.9 Å². The molecule has 0 unspecified atom stereocenters. The number of sulfonamides is 1. The number of benzene rings is 2. The Morgan fingerprint density at radius 2 is 1.44 bits per heavy atom. The Balaban J connectivity index is 1.67. The number of ketones is 1. The van der Waals surface area contributed by atoms with Crippen LogP contribution in [0.25, 0.3) is 0 Å². The number of hydrogen-bond donors (Lipinski definition) is 2.